The van der Waals surface area contributed by atoms with Crippen LogP contribution in [0.3, 0.4) is 0 Å². The highest BCUT2D eigenvalue weighted by Crippen LogP contribution is 2.51. The molecule has 1 aromatic carbocycles. The molecule has 0 spiro atoms. The second kappa shape index (κ2) is 3.93. The van der Waals surface area contributed by atoms with Crippen LogP contribution in [-0.2, 0) is 0 Å². The Morgan fingerprint density at radius 3 is 2.87 bits per heavy atom. The smallest absolute Gasteiger partial charge is 0.0178 e. The Labute approximate surface area is 100 Å². The zero-order valence-electron chi connectivity index (χ0n) is 8.95. The number of hydrogen-bond acceptors (Lipinski definition) is 0. The summed E-state index contributed by atoms with van der Waals surface area (Å²) in [5.74, 6) is 2.91. The third-order valence-electron chi connectivity index (χ3n) is 4.36. The topological polar surface area (TPSA) is 0 Å². The van der Waals surface area contributed by atoms with Gasteiger partial charge in [-0.2, -0.15) is 0 Å². The number of hydrogen-bond donors (Lipinski definition) is 0. The molecule has 15 heavy (non-hydrogen) atoms. The Kier molecular flexibility index (Phi) is 2.59. The van der Waals surface area contributed by atoms with E-state index in [4.69, 9.17) is 0 Å². The van der Waals surface area contributed by atoms with Gasteiger partial charge in [0.05, 0.1) is 0 Å². The van der Waals surface area contributed by atoms with E-state index in [-0.39, 0.29) is 0 Å². The molecule has 2 aliphatic carbocycles. The Morgan fingerprint density at radius 2 is 2.00 bits per heavy atom. The Hall–Kier alpha value is -0.300. The van der Waals surface area contributed by atoms with Gasteiger partial charge in [0.15, 0.2) is 0 Å². The summed E-state index contributed by atoms with van der Waals surface area (Å²) in [6.07, 6.45) is 7.34. The van der Waals surface area contributed by atoms with Gasteiger partial charge in [-0.05, 0) is 54.7 Å². The molecule has 0 amide bonds. The van der Waals surface area contributed by atoms with E-state index in [2.05, 4.69) is 40.2 Å². The quantitative estimate of drug-likeness (QED) is 0.687. The molecule has 0 aliphatic heterocycles. The number of fused-ring (bicyclic) bond motifs is 1. The van der Waals surface area contributed by atoms with Gasteiger partial charge < -0.3 is 0 Å². The van der Waals surface area contributed by atoms with Crippen molar-refractivity contribution in [2.75, 3.05) is 0 Å². The van der Waals surface area contributed by atoms with Crippen LogP contribution < -0.4 is 0 Å². The van der Waals surface area contributed by atoms with Crippen molar-refractivity contribution in [3.05, 3.63) is 34.3 Å². The fraction of sp³-hybridized carbons (Fsp3) is 0.571. The molecule has 0 heterocycles. The van der Waals surface area contributed by atoms with Crippen molar-refractivity contribution in [2.45, 2.75) is 38.0 Å². The average Bonchev–Trinajstić information content (AvgIpc) is 2.77. The molecule has 0 nitrogen and oxygen atoms in total. The molecule has 3 rings (SSSR count). The van der Waals surface area contributed by atoms with E-state index >= 15 is 0 Å². The van der Waals surface area contributed by atoms with Gasteiger partial charge in [0, 0.05) is 4.47 Å². The second-order valence-corrected chi connectivity index (χ2v) is 6.01. The zero-order valence-corrected chi connectivity index (χ0v) is 10.5. The van der Waals surface area contributed by atoms with Crippen molar-refractivity contribution in [3.8, 4) is 0 Å². The molecule has 3 atom stereocenters. The standard InChI is InChI=1S/C14H17Br/c15-12-5-1-4-11(9-12)14-8-7-10-3-2-6-13(10)14/h1,4-5,9-10,13-14H,2-3,6-8H2. The lowest BCUT2D eigenvalue weighted by Crippen LogP contribution is -2.07. The molecule has 0 N–H and O–H groups in total. The molecule has 0 aromatic heterocycles. The Bertz CT molecular complexity index is 358. The summed E-state index contributed by atoms with van der Waals surface area (Å²) in [4.78, 5) is 0. The van der Waals surface area contributed by atoms with Crippen LogP contribution in [0.1, 0.15) is 43.6 Å². The monoisotopic (exact) mass is 264 g/mol. The van der Waals surface area contributed by atoms with Crippen molar-refractivity contribution < 1.29 is 0 Å². The van der Waals surface area contributed by atoms with Crippen LogP contribution in [0.15, 0.2) is 28.7 Å². The minimum Gasteiger partial charge on any atom is -0.0609 e. The van der Waals surface area contributed by atoms with E-state index in [1.165, 1.54) is 36.6 Å². The van der Waals surface area contributed by atoms with Crippen LogP contribution in [0.2, 0.25) is 0 Å². The Morgan fingerprint density at radius 1 is 1.07 bits per heavy atom. The first-order valence-electron chi connectivity index (χ1n) is 6.10. The molecule has 80 valence electrons. The van der Waals surface area contributed by atoms with Gasteiger partial charge in [-0.1, -0.05) is 40.9 Å². The summed E-state index contributed by atoms with van der Waals surface area (Å²) in [6, 6.07) is 8.95. The lowest BCUT2D eigenvalue weighted by atomic mass is 9.86. The molecule has 0 saturated heterocycles. The maximum Gasteiger partial charge on any atom is 0.0178 e. The normalized spacial score (nSPS) is 34.3. The lowest BCUT2D eigenvalue weighted by Gasteiger charge is -2.19. The van der Waals surface area contributed by atoms with Crippen molar-refractivity contribution >= 4 is 15.9 Å². The highest BCUT2D eigenvalue weighted by atomic mass is 79.9. The SMILES string of the molecule is Brc1cccc(C2CCC3CCCC32)c1. The molecule has 1 heteroatoms. The average molecular weight is 265 g/mol. The maximum absolute atomic E-state index is 3.58. The predicted octanol–water partition coefficient (Wildman–Crippen LogP) is 4.74. The van der Waals surface area contributed by atoms with Crippen LogP contribution in [0.4, 0.5) is 0 Å². The van der Waals surface area contributed by atoms with Crippen molar-refractivity contribution in [2.24, 2.45) is 11.8 Å². The van der Waals surface area contributed by atoms with Crippen molar-refractivity contribution in [1.29, 1.82) is 0 Å². The molecule has 3 unspecified atom stereocenters. The fourth-order valence-corrected chi connectivity index (χ4v) is 4.13. The summed E-state index contributed by atoms with van der Waals surface area (Å²) >= 11 is 3.58. The predicted molar refractivity (Wildman–Crippen MR) is 66.9 cm³/mol. The van der Waals surface area contributed by atoms with Gasteiger partial charge in [0.25, 0.3) is 0 Å². The minimum absolute atomic E-state index is 0.856. The maximum atomic E-state index is 3.58. The molecule has 2 saturated carbocycles. The van der Waals surface area contributed by atoms with E-state index in [0.717, 1.165) is 17.8 Å². The molecular weight excluding hydrogens is 248 g/mol. The lowest BCUT2D eigenvalue weighted by molar-refractivity contribution is 0.422. The third kappa shape index (κ3) is 1.75. The van der Waals surface area contributed by atoms with E-state index in [0.29, 0.717) is 0 Å². The van der Waals surface area contributed by atoms with Crippen LogP contribution in [0.5, 0.6) is 0 Å². The van der Waals surface area contributed by atoms with E-state index in [9.17, 15) is 0 Å². The number of halogens is 1. The molecule has 1 aromatic rings. The number of rotatable bonds is 1. The Balaban J connectivity index is 1.88. The van der Waals surface area contributed by atoms with Gasteiger partial charge >= 0.3 is 0 Å². The molecule has 0 radical (unpaired) electrons. The second-order valence-electron chi connectivity index (χ2n) is 5.09. The summed E-state index contributed by atoms with van der Waals surface area (Å²) in [5.41, 5.74) is 1.57. The van der Waals surface area contributed by atoms with E-state index < -0.39 is 0 Å². The molecule has 0 bridgehead atoms. The highest BCUT2D eigenvalue weighted by Gasteiger charge is 2.39. The first kappa shape index (κ1) is 9.89. The van der Waals surface area contributed by atoms with E-state index in [1.807, 2.05) is 0 Å². The summed E-state index contributed by atoms with van der Waals surface area (Å²) in [7, 11) is 0. The highest BCUT2D eigenvalue weighted by molar-refractivity contribution is 9.10. The summed E-state index contributed by atoms with van der Waals surface area (Å²) in [5, 5.41) is 0. The largest absolute Gasteiger partial charge is 0.0609 e. The first-order valence-corrected chi connectivity index (χ1v) is 6.89. The third-order valence-corrected chi connectivity index (χ3v) is 4.85. The van der Waals surface area contributed by atoms with Crippen LogP contribution >= 0.6 is 15.9 Å². The molecular formula is C14H17Br. The van der Waals surface area contributed by atoms with Gasteiger partial charge in [-0.15, -0.1) is 0 Å². The van der Waals surface area contributed by atoms with Gasteiger partial charge in [-0.3, -0.25) is 0 Å². The number of benzene rings is 1. The first-order chi connectivity index (χ1) is 7.34. The molecule has 2 aliphatic rings. The van der Waals surface area contributed by atoms with Gasteiger partial charge in [-0.25, -0.2) is 0 Å². The van der Waals surface area contributed by atoms with Gasteiger partial charge in [0.2, 0.25) is 0 Å². The van der Waals surface area contributed by atoms with Crippen LogP contribution in [0.25, 0.3) is 0 Å². The van der Waals surface area contributed by atoms with Crippen LogP contribution in [-0.4, -0.2) is 0 Å². The fourth-order valence-electron chi connectivity index (χ4n) is 3.71. The van der Waals surface area contributed by atoms with E-state index in [1.54, 1.807) is 5.56 Å². The summed E-state index contributed by atoms with van der Waals surface area (Å²) in [6.45, 7) is 0. The summed E-state index contributed by atoms with van der Waals surface area (Å²) < 4.78 is 1.24. The van der Waals surface area contributed by atoms with Crippen LogP contribution in [0, 0.1) is 11.8 Å². The van der Waals surface area contributed by atoms with Gasteiger partial charge in [0.1, 0.15) is 0 Å². The molecule has 2 fully saturated rings. The minimum atomic E-state index is 0.856. The van der Waals surface area contributed by atoms with Crippen molar-refractivity contribution in [1.82, 2.24) is 0 Å². The zero-order chi connectivity index (χ0) is 10.3. The van der Waals surface area contributed by atoms with Crippen molar-refractivity contribution in [3.63, 3.8) is 0 Å².